The molecule has 2 aromatic carbocycles. The van der Waals surface area contributed by atoms with Crippen molar-refractivity contribution >= 4 is 67.3 Å². The molecule has 0 atom stereocenters. The van der Waals surface area contributed by atoms with E-state index in [9.17, 15) is 16.8 Å². The van der Waals surface area contributed by atoms with E-state index < -0.39 is 28.1 Å². The van der Waals surface area contributed by atoms with Gasteiger partial charge in [-0.1, -0.05) is 72.1 Å². The van der Waals surface area contributed by atoms with Crippen molar-refractivity contribution in [2.45, 2.75) is 36.9 Å². The van der Waals surface area contributed by atoms with Crippen molar-refractivity contribution in [2.75, 3.05) is 0 Å². The van der Waals surface area contributed by atoms with Crippen LogP contribution in [0.25, 0.3) is 0 Å². The van der Waals surface area contributed by atoms with Crippen LogP contribution < -0.4 is 10.3 Å². The maximum Gasteiger partial charge on any atom is 0.239 e. The molecule has 2 aromatic rings. The van der Waals surface area contributed by atoms with Crippen molar-refractivity contribution in [3.8, 4) is 24.3 Å². The van der Waals surface area contributed by atoms with Crippen LogP contribution in [0.15, 0.2) is 50.7 Å². The summed E-state index contributed by atoms with van der Waals surface area (Å²) in [4.78, 5) is -0.180. The molecule has 0 heterocycles. The molecule has 0 amide bonds. The van der Waals surface area contributed by atoms with Gasteiger partial charge in [0, 0.05) is 10.0 Å². The summed E-state index contributed by atoms with van der Waals surface area (Å²) in [6.07, 6.45) is 10.2. The van der Waals surface area contributed by atoms with Gasteiger partial charge in [0.25, 0.3) is 0 Å². The molecule has 0 radical (unpaired) electrons. The van der Waals surface area contributed by atoms with Gasteiger partial charge >= 0.3 is 0 Å². The smallest absolute Gasteiger partial charge is 0.225 e. The van der Waals surface area contributed by atoms with E-state index >= 15 is 0 Å². The van der Waals surface area contributed by atoms with E-state index in [1.807, 2.05) is 0 Å². The zero-order chi connectivity index (χ0) is 24.6. The van der Waals surface area contributed by atoms with Gasteiger partial charge in [-0.3, -0.25) is 0 Å². The van der Waals surface area contributed by atoms with Gasteiger partial charge in [0.05, 0.1) is 10.0 Å². The second kappa shape index (κ2) is 13.4. The molecule has 0 aromatic heterocycles. The Morgan fingerprint density at radius 3 is 1.53 bits per heavy atom. The average molecular weight is 600 g/mol. The highest BCUT2D eigenvalue weighted by Gasteiger charge is 2.13. The van der Waals surface area contributed by atoms with Gasteiger partial charge < -0.3 is 0 Å². The van der Waals surface area contributed by atoms with Crippen LogP contribution in [0.2, 0.25) is 29.7 Å². The number of rotatable bonds is 2. The Morgan fingerprint density at radius 2 is 1.25 bits per heavy atom. The minimum Gasteiger partial charge on any atom is -0.225 e. The molecule has 12 heteroatoms. The first-order valence-corrected chi connectivity index (χ1v) is 16.3. The van der Waals surface area contributed by atoms with E-state index in [4.69, 9.17) is 46.3 Å². The second-order valence-electron chi connectivity index (χ2n) is 6.85. The molecule has 0 saturated heterocycles. The summed E-state index contributed by atoms with van der Waals surface area (Å²) in [5.41, 5.74) is 3.25. The lowest BCUT2D eigenvalue weighted by Crippen LogP contribution is -2.15. The predicted octanol–water partition coefficient (Wildman–Crippen LogP) is 4.85. The van der Waals surface area contributed by atoms with Crippen molar-refractivity contribution in [1.82, 2.24) is 0 Å². The summed E-state index contributed by atoms with van der Waals surface area (Å²) in [6, 6.07) is 8.51. The lowest BCUT2D eigenvalue weighted by molar-refractivity contribution is 0.596. The highest BCUT2D eigenvalue weighted by Crippen LogP contribution is 2.24. The highest BCUT2D eigenvalue weighted by atomic mass is 79.9. The number of hydrogen-bond acceptors (Lipinski definition) is 4. The Labute approximate surface area is 210 Å². The Kier molecular flexibility index (Phi) is 13.7. The number of primary sulfonamides is 2. The topological polar surface area (TPSA) is 120 Å². The van der Waals surface area contributed by atoms with Crippen LogP contribution in [0.4, 0.5) is 0 Å². The fourth-order valence-corrected chi connectivity index (χ4v) is 4.20. The zero-order valence-electron chi connectivity index (χ0n) is 16.9. The van der Waals surface area contributed by atoms with Crippen LogP contribution in [-0.4, -0.2) is 24.9 Å². The van der Waals surface area contributed by atoms with Gasteiger partial charge in [0.15, 0.2) is 0 Å². The van der Waals surface area contributed by atoms with E-state index in [1.54, 1.807) is 6.07 Å². The third-order valence-corrected chi connectivity index (χ3v) is 7.19. The maximum atomic E-state index is 10.9. The lowest BCUT2D eigenvalue weighted by atomic mass is 10.2. The third-order valence-electron chi connectivity index (χ3n) is 3.04. The Hall–Kier alpha value is -1.34. The molecule has 6 nitrogen and oxygen atoms in total. The summed E-state index contributed by atoms with van der Waals surface area (Å²) in [5.74, 6) is 2.33. The summed E-state index contributed by atoms with van der Waals surface area (Å²) in [7, 11) is -8.57. The first-order valence-electron chi connectivity index (χ1n) is 8.17. The van der Waals surface area contributed by atoms with Gasteiger partial charge in [-0.15, -0.1) is 18.4 Å². The number of halogens is 3. The summed E-state index contributed by atoms with van der Waals surface area (Å²) in [6.45, 7) is 6.44. The van der Waals surface area contributed by atoms with Crippen molar-refractivity contribution in [3.05, 3.63) is 56.5 Å². The van der Waals surface area contributed by atoms with Crippen molar-refractivity contribution in [2.24, 2.45) is 10.3 Å². The molecular formula is C20H25BrCl2N2O4S2Si. The molecule has 0 aliphatic carbocycles. The molecule has 2 rings (SSSR count). The highest BCUT2D eigenvalue weighted by molar-refractivity contribution is 9.10. The van der Waals surface area contributed by atoms with Crippen LogP contribution in [-0.2, 0) is 20.0 Å². The SMILES string of the molecule is C.C#C[Si](C)(C)C.C#Cc1ccc(S(N)(=O)=O)c(Cl)c1.NS(=O)(=O)c1ccc(Br)cc1Cl. The monoisotopic (exact) mass is 598 g/mol. The lowest BCUT2D eigenvalue weighted by Gasteiger charge is -2.00. The normalized spacial score (nSPS) is 10.7. The van der Waals surface area contributed by atoms with Gasteiger partial charge in [-0.05, 0) is 36.4 Å². The summed E-state index contributed by atoms with van der Waals surface area (Å²) in [5, 5.41) is 9.92. The molecule has 0 spiro atoms. The molecule has 0 saturated carbocycles. The van der Waals surface area contributed by atoms with Crippen LogP contribution in [0.5, 0.6) is 0 Å². The molecule has 176 valence electrons. The summed E-state index contributed by atoms with van der Waals surface area (Å²) < 4.78 is 44.2. The minimum atomic E-state index is -3.76. The Bertz CT molecular complexity index is 1230. The number of nitrogens with two attached hydrogens (primary N) is 2. The van der Waals surface area contributed by atoms with Gasteiger partial charge in [0.1, 0.15) is 17.9 Å². The number of sulfonamides is 2. The number of terminal acetylenes is 2. The van der Waals surface area contributed by atoms with Crippen LogP contribution in [0, 0.1) is 24.3 Å². The van der Waals surface area contributed by atoms with Crippen LogP contribution in [0.1, 0.15) is 13.0 Å². The Balaban J connectivity index is 0. The van der Waals surface area contributed by atoms with Gasteiger partial charge in [0.2, 0.25) is 20.0 Å². The van der Waals surface area contributed by atoms with E-state index in [2.05, 4.69) is 47.0 Å². The van der Waals surface area contributed by atoms with E-state index in [1.165, 1.54) is 30.3 Å². The molecule has 0 bridgehead atoms. The van der Waals surface area contributed by atoms with Crippen molar-refractivity contribution < 1.29 is 16.8 Å². The van der Waals surface area contributed by atoms with Gasteiger partial charge in [-0.2, -0.15) is 0 Å². The molecule has 32 heavy (non-hydrogen) atoms. The maximum absolute atomic E-state index is 10.9. The fraction of sp³-hybridized carbons (Fsp3) is 0.200. The Morgan fingerprint density at radius 1 is 0.875 bits per heavy atom. The van der Waals surface area contributed by atoms with E-state index in [0.29, 0.717) is 10.0 Å². The summed E-state index contributed by atoms with van der Waals surface area (Å²) >= 11 is 14.4. The third kappa shape index (κ3) is 12.6. The predicted molar refractivity (Wildman–Crippen MR) is 140 cm³/mol. The van der Waals surface area contributed by atoms with Crippen molar-refractivity contribution in [1.29, 1.82) is 0 Å². The number of benzene rings is 2. The number of hydrogen-bond donors (Lipinski definition) is 2. The zero-order valence-corrected chi connectivity index (χ0v) is 22.6. The molecule has 0 fully saturated rings. The molecular weight excluding hydrogens is 575 g/mol. The minimum absolute atomic E-state index is 0. The average Bonchev–Trinajstić information content (AvgIpc) is 2.59. The molecule has 0 unspecified atom stereocenters. The molecule has 0 aliphatic heterocycles. The van der Waals surface area contributed by atoms with Crippen molar-refractivity contribution in [3.63, 3.8) is 0 Å². The standard InChI is InChI=1S/C8H6ClNO2S.C6H5BrClNO2S.C5H10Si.CH4/c1-2-6-3-4-8(7(9)5-6)13(10,11)12;7-4-1-2-6(5(8)3-4)12(9,10)11;1-5-6(2,3)4;/h1,3-5H,(H2,10,11,12);1-3H,(H2,9,10,11);1H,2-4H3;1H4. The largest absolute Gasteiger partial charge is 0.239 e. The quantitative estimate of drug-likeness (QED) is 0.378. The van der Waals surface area contributed by atoms with Crippen LogP contribution >= 0.6 is 39.1 Å². The van der Waals surface area contributed by atoms with Crippen LogP contribution in [0.3, 0.4) is 0 Å². The molecule has 0 aliphatic rings. The first kappa shape index (κ1) is 32.8. The van der Waals surface area contributed by atoms with Gasteiger partial charge in [-0.25, -0.2) is 27.1 Å². The second-order valence-corrected chi connectivity index (χ2v) is 16.4. The first-order chi connectivity index (χ1) is 13.9. The van der Waals surface area contributed by atoms with E-state index in [-0.39, 0.29) is 27.3 Å². The van der Waals surface area contributed by atoms with E-state index in [0.717, 1.165) is 0 Å². The molecule has 4 N–H and O–H groups in total. The fourth-order valence-electron chi connectivity index (χ4n) is 1.53.